The van der Waals surface area contributed by atoms with E-state index in [1.54, 1.807) is 12.1 Å². The summed E-state index contributed by atoms with van der Waals surface area (Å²) in [5.74, 6) is 1.61. The second kappa shape index (κ2) is 9.56. The van der Waals surface area contributed by atoms with Gasteiger partial charge in [0.15, 0.2) is 11.5 Å². The van der Waals surface area contributed by atoms with Gasteiger partial charge >= 0.3 is 6.03 Å². The van der Waals surface area contributed by atoms with Crippen LogP contribution >= 0.6 is 0 Å². The van der Waals surface area contributed by atoms with Gasteiger partial charge in [-0.2, -0.15) is 0 Å². The molecule has 26 heavy (non-hydrogen) atoms. The predicted octanol–water partition coefficient (Wildman–Crippen LogP) is 4.84. The largest absolute Gasteiger partial charge is 0.490 e. The van der Waals surface area contributed by atoms with Crippen molar-refractivity contribution in [1.29, 1.82) is 0 Å². The van der Waals surface area contributed by atoms with Crippen molar-refractivity contribution in [3.8, 4) is 17.2 Å². The number of carbonyl (C=O) groups is 1. The van der Waals surface area contributed by atoms with Crippen LogP contribution in [-0.4, -0.2) is 25.9 Å². The number of aryl methyl sites for hydroxylation is 1. The summed E-state index contributed by atoms with van der Waals surface area (Å²) in [6.45, 7) is 9.09. The van der Waals surface area contributed by atoms with Gasteiger partial charge in [-0.3, -0.25) is 0 Å². The highest BCUT2D eigenvalue weighted by Crippen LogP contribution is 2.40. The molecule has 0 aliphatic carbocycles. The van der Waals surface area contributed by atoms with Crippen LogP contribution in [-0.2, 0) is 0 Å². The fraction of sp³-hybridized carbons (Fsp3) is 0.350. The Morgan fingerprint density at radius 1 is 0.846 bits per heavy atom. The molecule has 0 aliphatic heterocycles. The molecule has 140 valence electrons. The van der Waals surface area contributed by atoms with Gasteiger partial charge in [-0.25, -0.2) is 4.79 Å². The van der Waals surface area contributed by atoms with Crippen LogP contribution in [0.25, 0.3) is 0 Å². The minimum atomic E-state index is -0.343. The van der Waals surface area contributed by atoms with E-state index in [-0.39, 0.29) is 6.03 Å². The smallest absolute Gasteiger partial charge is 0.323 e. The molecule has 2 N–H and O–H groups in total. The molecule has 2 aromatic carbocycles. The highest BCUT2D eigenvalue weighted by Gasteiger charge is 2.16. The van der Waals surface area contributed by atoms with Gasteiger partial charge in [0.05, 0.1) is 25.5 Å². The number of ether oxygens (including phenoxy) is 3. The molecule has 0 fully saturated rings. The van der Waals surface area contributed by atoms with Gasteiger partial charge in [-0.05, 0) is 45.4 Å². The molecule has 0 atom stereocenters. The fourth-order valence-electron chi connectivity index (χ4n) is 2.48. The van der Waals surface area contributed by atoms with Gasteiger partial charge < -0.3 is 24.8 Å². The minimum absolute atomic E-state index is 0.343. The van der Waals surface area contributed by atoms with Crippen LogP contribution in [0.5, 0.6) is 17.2 Å². The zero-order valence-electron chi connectivity index (χ0n) is 15.7. The van der Waals surface area contributed by atoms with Crippen LogP contribution in [0.2, 0.25) is 0 Å². The summed E-state index contributed by atoms with van der Waals surface area (Å²) in [5, 5.41) is 5.62. The first-order valence-electron chi connectivity index (χ1n) is 8.78. The molecule has 6 heteroatoms. The van der Waals surface area contributed by atoms with E-state index in [4.69, 9.17) is 14.2 Å². The third kappa shape index (κ3) is 5.31. The van der Waals surface area contributed by atoms with Crippen LogP contribution in [0, 0.1) is 6.92 Å². The zero-order chi connectivity index (χ0) is 18.9. The molecule has 0 unspecified atom stereocenters. The molecule has 2 amide bonds. The number of nitrogens with one attached hydrogen (secondary N) is 2. The van der Waals surface area contributed by atoms with Crippen LogP contribution < -0.4 is 24.8 Å². The number of carbonyl (C=O) groups excluding carboxylic acids is 1. The average Bonchev–Trinajstić information content (AvgIpc) is 2.58. The Morgan fingerprint density at radius 3 is 1.96 bits per heavy atom. The lowest BCUT2D eigenvalue weighted by molar-refractivity contribution is 0.260. The van der Waals surface area contributed by atoms with E-state index >= 15 is 0 Å². The Hall–Kier alpha value is -2.89. The molecule has 0 bridgehead atoms. The van der Waals surface area contributed by atoms with E-state index in [2.05, 4.69) is 10.6 Å². The van der Waals surface area contributed by atoms with Crippen molar-refractivity contribution >= 4 is 17.4 Å². The molecular formula is C20H26N2O4. The Morgan fingerprint density at radius 2 is 1.42 bits per heavy atom. The first kappa shape index (κ1) is 19.4. The topological polar surface area (TPSA) is 68.8 Å². The molecular weight excluding hydrogens is 332 g/mol. The van der Waals surface area contributed by atoms with Crippen molar-refractivity contribution in [3.05, 3.63) is 42.0 Å². The lowest BCUT2D eigenvalue weighted by Crippen LogP contribution is -2.19. The van der Waals surface area contributed by atoms with Crippen molar-refractivity contribution in [3.63, 3.8) is 0 Å². The van der Waals surface area contributed by atoms with Gasteiger partial charge in [-0.15, -0.1) is 0 Å². The molecule has 2 aromatic rings. The lowest BCUT2D eigenvalue weighted by Gasteiger charge is -2.17. The highest BCUT2D eigenvalue weighted by atomic mass is 16.5. The van der Waals surface area contributed by atoms with Crippen LogP contribution in [0.15, 0.2) is 36.4 Å². The number of hydrogen-bond acceptors (Lipinski definition) is 4. The number of anilines is 2. The number of amides is 2. The van der Waals surface area contributed by atoms with E-state index in [1.807, 2.05) is 52.0 Å². The summed E-state index contributed by atoms with van der Waals surface area (Å²) in [4.78, 5) is 12.3. The maximum atomic E-state index is 12.3. The number of urea groups is 1. The van der Waals surface area contributed by atoms with Gasteiger partial charge in [0.1, 0.15) is 0 Å². The minimum Gasteiger partial charge on any atom is -0.490 e. The third-order valence-corrected chi connectivity index (χ3v) is 3.44. The second-order valence-electron chi connectivity index (χ2n) is 5.55. The summed E-state index contributed by atoms with van der Waals surface area (Å²) in [6.07, 6.45) is 0. The normalized spacial score (nSPS) is 10.2. The van der Waals surface area contributed by atoms with Crippen molar-refractivity contribution in [2.45, 2.75) is 27.7 Å². The summed E-state index contributed by atoms with van der Waals surface area (Å²) < 4.78 is 17.0. The SMILES string of the molecule is CCOc1cc(NC(=O)Nc2cccc(C)c2)cc(OCC)c1OCC. The predicted molar refractivity (Wildman–Crippen MR) is 104 cm³/mol. The zero-order valence-corrected chi connectivity index (χ0v) is 15.7. The Kier molecular flexibility index (Phi) is 7.14. The Bertz CT molecular complexity index is 719. The van der Waals surface area contributed by atoms with Crippen LogP contribution in [0.3, 0.4) is 0 Å². The van der Waals surface area contributed by atoms with E-state index in [1.165, 1.54) is 0 Å². The van der Waals surface area contributed by atoms with Crippen LogP contribution in [0.1, 0.15) is 26.3 Å². The monoisotopic (exact) mass is 358 g/mol. The van der Waals surface area contributed by atoms with E-state index in [0.717, 1.165) is 11.3 Å². The molecule has 0 spiro atoms. The first-order chi connectivity index (χ1) is 12.6. The molecule has 0 heterocycles. The highest BCUT2D eigenvalue weighted by molar-refractivity contribution is 6.00. The third-order valence-electron chi connectivity index (χ3n) is 3.44. The Balaban J connectivity index is 2.22. The molecule has 2 rings (SSSR count). The molecule has 0 saturated carbocycles. The van der Waals surface area contributed by atoms with Gasteiger partial charge in [0, 0.05) is 17.8 Å². The number of rotatable bonds is 8. The quantitative estimate of drug-likeness (QED) is 0.709. The molecule has 0 aliphatic rings. The van der Waals surface area contributed by atoms with Crippen molar-refractivity contribution in [2.24, 2.45) is 0 Å². The molecule has 6 nitrogen and oxygen atoms in total. The van der Waals surface area contributed by atoms with E-state index in [9.17, 15) is 4.79 Å². The summed E-state index contributed by atoms with van der Waals surface area (Å²) >= 11 is 0. The number of hydrogen-bond donors (Lipinski definition) is 2. The summed E-state index contributed by atoms with van der Waals surface area (Å²) in [5.41, 5.74) is 2.36. The molecule has 0 saturated heterocycles. The standard InChI is InChI=1S/C20H26N2O4/c1-5-24-17-12-16(13-18(25-6-2)19(17)26-7-3)22-20(23)21-15-10-8-9-14(4)11-15/h8-13H,5-7H2,1-4H3,(H2,21,22,23). The maximum absolute atomic E-state index is 12.3. The fourth-order valence-corrected chi connectivity index (χ4v) is 2.48. The van der Waals surface area contributed by atoms with E-state index in [0.29, 0.717) is 42.8 Å². The van der Waals surface area contributed by atoms with Gasteiger partial charge in [0.25, 0.3) is 0 Å². The molecule has 0 aromatic heterocycles. The summed E-state index contributed by atoms with van der Waals surface area (Å²) in [7, 11) is 0. The van der Waals surface area contributed by atoms with Crippen molar-refractivity contribution < 1.29 is 19.0 Å². The van der Waals surface area contributed by atoms with Crippen molar-refractivity contribution in [1.82, 2.24) is 0 Å². The maximum Gasteiger partial charge on any atom is 0.323 e. The lowest BCUT2D eigenvalue weighted by atomic mass is 10.2. The van der Waals surface area contributed by atoms with Gasteiger partial charge in [-0.1, -0.05) is 12.1 Å². The van der Waals surface area contributed by atoms with Gasteiger partial charge in [0.2, 0.25) is 5.75 Å². The molecule has 0 radical (unpaired) electrons. The second-order valence-corrected chi connectivity index (χ2v) is 5.55. The Labute approximate surface area is 154 Å². The number of benzene rings is 2. The summed E-state index contributed by atoms with van der Waals surface area (Å²) in [6, 6.07) is 10.7. The first-order valence-corrected chi connectivity index (χ1v) is 8.78. The van der Waals surface area contributed by atoms with Crippen LogP contribution in [0.4, 0.5) is 16.2 Å². The van der Waals surface area contributed by atoms with Crippen molar-refractivity contribution in [2.75, 3.05) is 30.5 Å². The van der Waals surface area contributed by atoms with E-state index < -0.39 is 0 Å². The average molecular weight is 358 g/mol.